The third-order valence-electron chi connectivity index (χ3n) is 3.47. The van der Waals surface area contributed by atoms with E-state index in [0.717, 1.165) is 0 Å². The summed E-state index contributed by atoms with van der Waals surface area (Å²) >= 11 is 0. The maximum Gasteiger partial charge on any atom is 0.267 e. The minimum atomic E-state index is -0.279. The molecule has 8 nitrogen and oxygen atoms in total. The van der Waals surface area contributed by atoms with E-state index >= 15 is 0 Å². The van der Waals surface area contributed by atoms with Crippen LogP contribution < -0.4 is 19.5 Å². The number of nitrogens with zero attached hydrogens (tertiary/aromatic N) is 2. The monoisotopic (exact) mass is 319 g/mol. The molecular weight excluding hydrogens is 302 g/mol. The second-order valence-corrected chi connectivity index (χ2v) is 5.08. The molecule has 0 fully saturated rings. The molecule has 0 aromatic heterocycles. The van der Waals surface area contributed by atoms with Gasteiger partial charge >= 0.3 is 0 Å². The van der Waals surface area contributed by atoms with Crippen LogP contribution in [0, 0.1) is 0 Å². The third-order valence-corrected chi connectivity index (χ3v) is 3.47. The Labute approximate surface area is 133 Å². The maximum atomic E-state index is 11.9. The van der Waals surface area contributed by atoms with E-state index in [1.165, 1.54) is 12.1 Å². The van der Waals surface area contributed by atoms with Crippen molar-refractivity contribution in [2.75, 3.05) is 27.0 Å². The van der Waals surface area contributed by atoms with Crippen molar-refractivity contribution in [3.63, 3.8) is 0 Å². The molecule has 0 atom stereocenters. The predicted molar refractivity (Wildman–Crippen MR) is 80.5 cm³/mol. The molecule has 122 valence electrons. The van der Waals surface area contributed by atoms with Gasteiger partial charge in [0.25, 0.3) is 5.91 Å². The summed E-state index contributed by atoms with van der Waals surface area (Å²) in [6.45, 7) is 0.866. The molecule has 0 aliphatic carbocycles. The van der Waals surface area contributed by atoms with E-state index in [1.54, 1.807) is 18.2 Å². The van der Waals surface area contributed by atoms with Gasteiger partial charge in [-0.1, -0.05) is 0 Å². The van der Waals surface area contributed by atoms with E-state index in [0.29, 0.717) is 49.0 Å². The number of rotatable bonds is 5. The zero-order valence-electron chi connectivity index (χ0n) is 12.7. The van der Waals surface area contributed by atoms with Crippen LogP contribution in [0.3, 0.4) is 0 Å². The lowest BCUT2D eigenvalue weighted by Gasteiger charge is -2.18. The highest BCUT2D eigenvalue weighted by atomic mass is 16.7. The molecular formula is C15H17N3O5. The van der Waals surface area contributed by atoms with Crippen molar-refractivity contribution in [3.8, 4) is 17.2 Å². The van der Waals surface area contributed by atoms with Gasteiger partial charge in [0.15, 0.2) is 11.5 Å². The number of hydrazone groups is 1. The van der Waals surface area contributed by atoms with Gasteiger partial charge in [0.2, 0.25) is 12.7 Å². The van der Waals surface area contributed by atoms with E-state index < -0.39 is 0 Å². The first-order chi connectivity index (χ1) is 11.1. The molecule has 0 saturated heterocycles. The predicted octanol–water partition coefficient (Wildman–Crippen LogP) is 0.518. The molecule has 2 heterocycles. The number of benzene rings is 1. The zero-order valence-corrected chi connectivity index (χ0v) is 12.7. The maximum absolute atomic E-state index is 11.9. The number of carbonyl (C=O) groups excluding carboxylic acids is 2. The third kappa shape index (κ3) is 3.53. The number of carbonyl (C=O) groups is 2. The van der Waals surface area contributed by atoms with Crippen molar-refractivity contribution in [3.05, 3.63) is 18.2 Å². The largest absolute Gasteiger partial charge is 0.492 e. The molecule has 3 rings (SSSR count). The van der Waals surface area contributed by atoms with Crippen LogP contribution in [0.5, 0.6) is 17.2 Å². The van der Waals surface area contributed by atoms with Crippen molar-refractivity contribution in [2.24, 2.45) is 5.10 Å². The smallest absolute Gasteiger partial charge is 0.267 e. The van der Waals surface area contributed by atoms with E-state index in [2.05, 4.69) is 10.4 Å². The highest BCUT2D eigenvalue weighted by molar-refractivity contribution is 6.39. The quantitative estimate of drug-likeness (QED) is 0.799. The van der Waals surface area contributed by atoms with Crippen molar-refractivity contribution < 1.29 is 23.8 Å². The van der Waals surface area contributed by atoms with Crippen molar-refractivity contribution in [1.82, 2.24) is 10.3 Å². The minimum Gasteiger partial charge on any atom is -0.492 e. The Balaban J connectivity index is 1.44. The van der Waals surface area contributed by atoms with Crippen LogP contribution in [0.4, 0.5) is 0 Å². The van der Waals surface area contributed by atoms with E-state index in [4.69, 9.17) is 14.2 Å². The summed E-state index contributed by atoms with van der Waals surface area (Å²) in [7, 11) is 1.54. The van der Waals surface area contributed by atoms with Crippen LogP contribution in [-0.4, -0.2) is 49.5 Å². The van der Waals surface area contributed by atoms with Gasteiger partial charge in [-0.05, 0) is 12.1 Å². The number of nitrogens with one attached hydrogen (secondary N) is 1. The lowest BCUT2D eigenvalue weighted by molar-refractivity contribution is -0.130. The first kappa shape index (κ1) is 15.1. The molecule has 0 saturated carbocycles. The second-order valence-electron chi connectivity index (χ2n) is 5.08. The van der Waals surface area contributed by atoms with Crippen LogP contribution in [0.2, 0.25) is 0 Å². The SMILES string of the molecule is CN1N=C(C(=O)NCCOc2ccc3c(c2)OCO3)CCC1=O. The standard InChI is InChI=1S/C15H17N3O5/c1-18-14(19)5-3-11(17-18)15(20)16-6-7-21-10-2-4-12-13(8-10)23-9-22-12/h2,4,8H,3,5-7,9H2,1H3,(H,16,20). The normalized spacial score (nSPS) is 16.1. The van der Waals surface area contributed by atoms with Crippen LogP contribution in [0.15, 0.2) is 23.3 Å². The molecule has 1 aromatic carbocycles. The lowest BCUT2D eigenvalue weighted by atomic mass is 10.1. The molecule has 0 bridgehead atoms. The number of amides is 2. The van der Waals surface area contributed by atoms with Crippen LogP contribution in [0.25, 0.3) is 0 Å². The summed E-state index contributed by atoms with van der Waals surface area (Å²) < 4.78 is 16.0. The number of hydrogen-bond acceptors (Lipinski definition) is 6. The lowest BCUT2D eigenvalue weighted by Crippen LogP contribution is -2.39. The average molecular weight is 319 g/mol. The molecule has 0 unspecified atom stereocenters. The van der Waals surface area contributed by atoms with Gasteiger partial charge in [-0.2, -0.15) is 5.10 Å². The van der Waals surface area contributed by atoms with E-state index in [9.17, 15) is 9.59 Å². The molecule has 1 N–H and O–H groups in total. The zero-order chi connectivity index (χ0) is 16.2. The summed E-state index contributed by atoms with van der Waals surface area (Å²) in [5, 5.41) is 7.87. The Bertz CT molecular complexity index is 659. The molecule has 0 radical (unpaired) electrons. The first-order valence-electron chi connectivity index (χ1n) is 7.28. The average Bonchev–Trinajstić information content (AvgIpc) is 3.01. The minimum absolute atomic E-state index is 0.0901. The van der Waals surface area contributed by atoms with Crippen LogP contribution >= 0.6 is 0 Å². The van der Waals surface area contributed by atoms with Crippen LogP contribution in [0.1, 0.15) is 12.8 Å². The fourth-order valence-electron chi connectivity index (χ4n) is 2.24. The van der Waals surface area contributed by atoms with Crippen LogP contribution in [-0.2, 0) is 9.59 Å². The van der Waals surface area contributed by atoms with Crippen molar-refractivity contribution in [2.45, 2.75) is 12.8 Å². The summed E-state index contributed by atoms with van der Waals surface area (Å²) in [6.07, 6.45) is 0.661. The summed E-state index contributed by atoms with van der Waals surface area (Å²) in [4.78, 5) is 23.3. The fourth-order valence-corrected chi connectivity index (χ4v) is 2.24. The Morgan fingerprint density at radius 1 is 1.35 bits per heavy atom. The molecule has 1 aromatic rings. The molecule has 2 aliphatic rings. The van der Waals surface area contributed by atoms with Gasteiger partial charge < -0.3 is 19.5 Å². The van der Waals surface area contributed by atoms with Gasteiger partial charge in [-0.15, -0.1) is 0 Å². The van der Waals surface area contributed by atoms with E-state index in [1.807, 2.05) is 0 Å². The summed E-state index contributed by atoms with van der Waals surface area (Å²) in [6, 6.07) is 5.30. The highest BCUT2D eigenvalue weighted by Crippen LogP contribution is 2.34. The topological polar surface area (TPSA) is 89.5 Å². The Hall–Kier alpha value is -2.77. The Morgan fingerprint density at radius 2 is 2.17 bits per heavy atom. The second kappa shape index (κ2) is 6.55. The summed E-state index contributed by atoms with van der Waals surface area (Å²) in [5.74, 6) is 1.62. The Kier molecular flexibility index (Phi) is 4.31. The molecule has 2 amide bonds. The van der Waals surface area contributed by atoms with Gasteiger partial charge in [-0.3, -0.25) is 9.59 Å². The first-order valence-corrected chi connectivity index (χ1v) is 7.28. The van der Waals surface area contributed by atoms with Gasteiger partial charge in [0, 0.05) is 26.0 Å². The fraction of sp³-hybridized carbons (Fsp3) is 0.400. The van der Waals surface area contributed by atoms with Crippen molar-refractivity contribution in [1.29, 1.82) is 0 Å². The number of ether oxygens (including phenoxy) is 3. The summed E-state index contributed by atoms with van der Waals surface area (Å²) in [5.41, 5.74) is 0.357. The van der Waals surface area contributed by atoms with Gasteiger partial charge in [0.05, 0.1) is 6.54 Å². The number of fused-ring (bicyclic) bond motifs is 1. The number of hydrogen-bond donors (Lipinski definition) is 1. The van der Waals surface area contributed by atoms with Gasteiger partial charge in [-0.25, -0.2) is 5.01 Å². The van der Waals surface area contributed by atoms with E-state index in [-0.39, 0.29) is 18.6 Å². The Morgan fingerprint density at radius 3 is 3.00 bits per heavy atom. The molecule has 0 spiro atoms. The van der Waals surface area contributed by atoms with Gasteiger partial charge in [0.1, 0.15) is 18.1 Å². The van der Waals surface area contributed by atoms with Crippen molar-refractivity contribution >= 4 is 17.5 Å². The molecule has 8 heteroatoms. The highest BCUT2D eigenvalue weighted by Gasteiger charge is 2.21. The molecule has 23 heavy (non-hydrogen) atoms. The molecule has 2 aliphatic heterocycles.